The van der Waals surface area contributed by atoms with Crippen molar-refractivity contribution in [1.82, 2.24) is 10.4 Å². The largest absolute Gasteiger partial charge is 0.360 e. The fraction of sp³-hybridized carbons (Fsp3) is 0.786. The molecule has 0 aliphatic rings. The Morgan fingerprint density at radius 1 is 1.37 bits per heavy atom. The van der Waals surface area contributed by atoms with E-state index < -0.39 is 8.07 Å². The van der Waals surface area contributed by atoms with E-state index >= 15 is 0 Å². The van der Waals surface area contributed by atoms with E-state index in [4.69, 9.17) is 4.74 Å². The maximum Gasteiger partial charge on any atom is 0.137 e. The number of ether oxygens (including phenoxy) is 1. The van der Waals surface area contributed by atoms with Gasteiger partial charge in [0.2, 0.25) is 0 Å². The molecule has 0 bridgehead atoms. The van der Waals surface area contributed by atoms with Gasteiger partial charge < -0.3 is 4.74 Å². The van der Waals surface area contributed by atoms with E-state index in [1.165, 1.54) is 6.04 Å². The van der Waals surface area contributed by atoms with E-state index in [0.29, 0.717) is 12.6 Å². The summed E-state index contributed by atoms with van der Waals surface area (Å²) in [5.41, 5.74) is 3.10. The maximum absolute atomic E-state index is 5.68. The van der Waals surface area contributed by atoms with E-state index in [1.54, 1.807) is 0 Å². The van der Waals surface area contributed by atoms with Gasteiger partial charge in [-0.2, -0.15) is 0 Å². The highest BCUT2D eigenvalue weighted by Gasteiger charge is 2.13. The molecule has 0 unspecified atom stereocenters. The first kappa shape index (κ1) is 18.3. The number of nitrogens with one attached hydrogen (secondary N) is 1. The summed E-state index contributed by atoms with van der Waals surface area (Å²) in [5, 5.41) is 1.81. The van der Waals surface area contributed by atoms with E-state index in [9.17, 15) is 0 Å². The van der Waals surface area contributed by atoms with Gasteiger partial charge in [0.1, 0.15) is 12.6 Å². The molecule has 0 aromatic heterocycles. The Morgan fingerprint density at radius 3 is 2.37 bits per heavy atom. The Kier molecular flexibility index (Phi) is 7.55. The minimum absolute atomic E-state index is 0.0566. The topological polar surface area (TPSA) is 36.9 Å². The highest BCUT2D eigenvalue weighted by Crippen LogP contribution is 2.11. The van der Waals surface area contributed by atoms with Crippen LogP contribution in [0.1, 0.15) is 20.8 Å². The van der Waals surface area contributed by atoms with Crippen LogP contribution in [-0.4, -0.2) is 39.7 Å². The van der Waals surface area contributed by atoms with Crippen molar-refractivity contribution in [2.45, 2.75) is 46.5 Å². The van der Waals surface area contributed by atoms with Crippen molar-refractivity contribution in [3.8, 4) is 0 Å². The zero-order valence-electron chi connectivity index (χ0n) is 13.7. The van der Waals surface area contributed by atoms with Gasteiger partial charge in [0.05, 0.1) is 0 Å². The number of hydrogen-bond donors (Lipinski definition) is 1. The molecule has 0 heterocycles. The van der Waals surface area contributed by atoms with Gasteiger partial charge >= 0.3 is 0 Å². The first-order valence-electron chi connectivity index (χ1n) is 6.82. The van der Waals surface area contributed by atoms with E-state index in [1.807, 2.05) is 18.3 Å². The second-order valence-electron chi connectivity index (χ2n) is 7.04. The SMILES string of the molecule is C=C(/N=C\C(C)(C)C)N(COCC[Si](C)(C)C)NC. The molecule has 0 amide bonds. The monoisotopic (exact) mass is 285 g/mol. The molecule has 0 saturated carbocycles. The van der Waals surface area contributed by atoms with Gasteiger partial charge in [-0.05, 0) is 11.5 Å². The summed E-state index contributed by atoms with van der Waals surface area (Å²) in [4.78, 5) is 4.37. The lowest BCUT2D eigenvalue weighted by molar-refractivity contribution is 0.0322. The molecule has 0 aliphatic carbocycles. The molecule has 0 spiro atoms. The normalized spacial score (nSPS) is 13.0. The van der Waals surface area contributed by atoms with Gasteiger partial charge in [0, 0.05) is 27.9 Å². The van der Waals surface area contributed by atoms with Crippen LogP contribution >= 0.6 is 0 Å². The lowest BCUT2D eigenvalue weighted by Crippen LogP contribution is -2.36. The fourth-order valence-electron chi connectivity index (χ4n) is 1.14. The molecular formula is C14H31N3OSi. The molecule has 0 fully saturated rings. The molecule has 0 aromatic rings. The Labute approximate surface area is 119 Å². The van der Waals surface area contributed by atoms with Crippen molar-refractivity contribution in [3.63, 3.8) is 0 Å². The van der Waals surface area contributed by atoms with Gasteiger partial charge in [-0.15, -0.1) is 0 Å². The minimum Gasteiger partial charge on any atom is -0.360 e. The molecular weight excluding hydrogens is 254 g/mol. The molecule has 112 valence electrons. The molecule has 1 N–H and O–H groups in total. The average molecular weight is 286 g/mol. The van der Waals surface area contributed by atoms with E-state index in [-0.39, 0.29) is 5.41 Å². The van der Waals surface area contributed by atoms with Crippen molar-refractivity contribution in [2.75, 3.05) is 20.4 Å². The number of nitrogens with zero attached hydrogens (tertiary/aromatic N) is 2. The Balaban J connectivity index is 4.14. The van der Waals surface area contributed by atoms with Crippen LogP contribution in [0.4, 0.5) is 0 Å². The number of aliphatic imine (C=N–C) groups is 1. The van der Waals surface area contributed by atoms with Crippen molar-refractivity contribution in [2.24, 2.45) is 10.4 Å². The fourth-order valence-corrected chi connectivity index (χ4v) is 1.90. The van der Waals surface area contributed by atoms with Crippen molar-refractivity contribution >= 4 is 14.3 Å². The van der Waals surface area contributed by atoms with E-state index in [0.717, 1.165) is 6.61 Å². The third kappa shape index (κ3) is 10.9. The van der Waals surface area contributed by atoms with Crippen molar-refractivity contribution < 1.29 is 4.74 Å². The van der Waals surface area contributed by atoms with Crippen LogP contribution < -0.4 is 5.43 Å². The number of hydrazine groups is 1. The molecule has 0 aliphatic heterocycles. The minimum atomic E-state index is -1.02. The smallest absolute Gasteiger partial charge is 0.137 e. The van der Waals surface area contributed by atoms with Crippen LogP contribution in [0.25, 0.3) is 0 Å². The van der Waals surface area contributed by atoms with Gasteiger partial charge in [-0.1, -0.05) is 47.0 Å². The van der Waals surface area contributed by atoms with Gasteiger partial charge in [-0.3, -0.25) is 5.01 Å². The number of rotatable bonds is 8. The number of hydrogen-bond acceptors (Lipinski definition) is 4. The third-order valence-corrected chi connectivity index (χ3v) is 4.10. The molecule has 5 heteroatoms. The Hall–Kier alpha value is -0.653. The van der Waals surface area contributed by atoms with Crippen molar-refractivity contribution in [3.05, 3.63) is 12.4 Å². The zero-order valence-corrected chi connectivity index (χ0v) is 14.7. The second kappa shape index (κ2) is 7.82. The van der Waals surface area contributed by atoms with Crippen LogP contribution in [0.2, 0.25) is 25.7 Å². The highest BCUT2D eigenvalue weighted by molar-refractivity contribution is 6.76. The quantitative estimate of drug-likeness (QED) is 0.244. The van der Waals surface area contributed by atoms with Gasteiger partial charge in [0.15, 0.2) is 0 Å². The summed E-state index contributed by atoms with van der Waals surface area (Å²) < 4.78 is 5.68. The van der Waals surface area contributed by atoms with Gasteiger partial charge in [-0.25, -0.2) is 10.4 Å². The van der Waals surface area contributed by atoms with Gasteiger partial charge in [0.25, 0.3) is 0 Å². The molecule has 0 atom stereocenters. The molecule has 0 saturated heterocycles. The molecule has 0 radical (unpaired) electrons. The summed E-state index contributed by atoms with van der Waals surface area (Å²) in [6, 6.07) is 1.17. The zero-order chi connectivity index (χ0) is 15.1. The lowest BCUT2D eigenvalue weighted by Gasteiger charge is -2.24. The van der Waals surface area contributed by atoms with Crippen LogP contribution in [0.15, 0.2) is 17.4 Å². The molecule has 4 nitrogen and oxygen atoms in total. The van der Waals surface area contributed by atoms with Crippen LogP contribution in [0.5, 0.6) is 0 Å². The third-order valence-electron chi connectivity index (χ3n) is 2.40. The van der Waals surface area contributed by atoms with Crippen molar-refractivity contribution in [1.29, 1.82) is 0 Å². The Bertz CT molecular complexity index is 303. The average Bonchev–Trinajstić information content (AvgIpc) is 2.23. The van der Waals surface area contributed by atoms with Crippen LogP contribution in [0.3, 0.4) is 0 Å². The summed E-state index contributed by atoms with van der Waals surface area (Å²) in [5.74, 6) is 0.672. The molecule has 0 rings (SSSR count). The molecule has 19 heavy (non-hydrogen) atoms. The summed E-state index contributed by atoms with van der Waals surface area (Å²) in [7, 11) is 0.824. The Morgan fingerprint density at radius 2 is 1.95 bits per heavy atom. The first-order chi connectivity index (χ1) is 8.55. The summed E-state index contributed by atoms with van der Waals surface area (Å²) in [6.07, 6.45) is 1.90. The highest BCUT2D eigenvalue weighted by atomic mass is 28.3. The predicted molar refractivity (Wildman–Crippen MR) is 87.0 cm³/mol. The predicted octanol–water partition coefficient (Wildman–Crippen LogP) is 3.32. The maximum atomic E-state index is 5.68. The lowest BCUT2D eigenvalue weighted by atomic mass is 9.99. The molecule has 0 aromatic carbocycles. The van der Waals surface area contributed by atoms with Crippen LogP contribution in [-0.2, 0) is 4.74 Å². The summed E-state index contributed by atoms with van der Waals surface area (Å²) >= 11 is 0. The summed E-state index contributed by atoms with van der Waals surface area (Å²) in [6.45, 7) is 18.6. The van der Waals surface area contributed by atoms with E-state index in [2.05, 4.69) is 57.4 Å². The standard InChI is InChI=1S/C14H31N3OSi/c1-13(16-11-14(2,3)4)17(15-5)12-18-9-10-19(6,7)8/h11,15H,1,9-10,12H2,2-8H3/b16-11-. The first-order valence-corrected chi connectivity index (χ1v) is 10.5. The second-order valence-corrected chi connectivity index (χ2v) is 12.7. The van der Waals surface area contributed by atoms with Crippen LogP contribution in [0, 0.1) is 5.41 Å².